The standard InChI is InChI=1S/C29H24ClF3N6O3S/c1-16-4-10-21(17(2)42-3)24(12-16)39-25(40)14-43-28(39)36-27(41)35-23-11-5-18(13-22(23)30)26-34-15-38(37-26)20-8-6-19(7-9-20)29(31,32)33/h4-13,15,17H,14H2,1-3H3,(H,35,41). The zero-order valence-corrected chi connectivity index (χ0v) is 24.6. The van der Waals surface area contributed by atoms with Crippen LogP contribution in [-0.2, 0) is 15.7 Å². The van der Waals surface area contributed by atoms with E-state index in [4.69, 9.17) is 16.3 Å². The first kappa shape index (κ1) is 30.3. The number of hydrogen-bond acceptors (Lipinski definition) is 6. The summed E-state index contributed by atoms with van der Waals surface area (Å²) in [5.41, 5.74) is 2.73. The van der Waals surface area contributed by atoms with E-state index < -0.39 is 17.8 Å². The summed E-state index contributed by atoms with van der Waals surface area (Å²) in [5.74, 6) is 0.190. The van der Waals surface area contributed by atoms with Crippen molar-refractivity contribution < 1.29 is 27.5 Å². The number of rotatable bonds is 6. The normalized spacial score (nSPS) is 15.3. The Morgan fingerprint density at radius 1 is 1.14 bits per heavy atom. The fourth-order valence-corrected chi connectivity index (χ4v) is 5.39. The fourth-order valence-electron chi connectivity index (χ4n) is 4.31. The Hall–Kier alpha value is -4.20. The molecule has 1 aromatic heterocycles. The topological polar surface area (TPSA) is 102 Å². The minimum atomic E-state index is -4.44. The first-order valence-corrected chi connectivity index (χ1v) is 14.2. The highest BCUT2D eigenvalue weighted by Gasteiger charge is 2.33. The summed E-state index contributed by atoms with van der Waals surface area (Å²) in [6.07, 6.45) is -3.36. The van der Waals surface area contributed by atoms with E-state index in [1.54, 1.807) is 25.3 Å². The van der Waals surface area contributed by atoms with Crippen molar-refractivity contribution in [3.63, 3.8) is 0 Å². The zero-order chi connectivity index (χ0) is 30.9. The van der Waals surface area contributed by atoms with Crippen LogP contribution >= 0.6 is 23.4 Å². The third-order valence-electron chi connectivity index (χ3n) is 6.60. The molecule has 1 aliphatic rings. The fraction of sp³-hybridized carbons (Fsp3) is 0.207. The SMILES string of the molecule is COC(C)c1ccc(C)cc1N1C(=O)CSC1=NC(=O)Nc1ccc(-c2ncn(-c3ccc(C(F)(F)F)cc3)n2)cc1Cl. The van der Waals surface area contributed by atoms with Gasteiger partial charge >= 0.3 is 12.2 Å². The van der Waals surface area contributed by atoms with E-state index in [9.17, 15) is 22.8 Å². The number of amides is 3. The second kappa shape index (κ2) is 12.2. The number of nitrogens with one attached hydrogen (secondary N) is 1. The van der Waals surface area contributed by atoms with Gasteiger partial charge in [-0.3, -0.25) is 9.69 Å². The number of halogens is 4. The van der Waals surface area contributed by atoms with Crippen molar-refractivity contribution in [3.8, 4) is 17.1 Å². The van der Waals surface area contributed by atoms with E-state index in [2.05, 4.69) is 20.4 Å². The average Bonchev–Trinajstić information content (AvgIpc) is 3.60. The van der Waals surface area contributed by atoms with Gasteiger partial charge in [0, 0.05) is 18.2 Å². The van der Waals surface area contributed by atoms with Crippen LogP contribution in [0.1, 0.15) is 29.7 Å². The van der Waals surface area contributed by atoms with E-state index in [0.29, 0.717) is 16.9 Å². The third-order valence-corrected chi connectivity index (χ3v) is 7.84. The molecule has 0 aliphatic carbocycles. The minimum absolute atomic E-state index is 0.127. The number of alkyl halides is 3. The molecule has 1 fully saturated rings. The van der Waals surface area contributed by atoms with E-state index in [1.807, 2.05) is 32.0 Å². The largest absolute Gasteiger partial charge is 0.416 e. The molecular formula is C29H24ClF3N6O3S. The van der Waals surface area contributed by atoms with Crippen molar-refractivity contribution in [2.24, 2.45) is 4.99 Å². The molecule has 1 N–H and O–H groups in total. The lowest BCUT2D eigenvalue weighted by atomic mass is 10.0. The predicted octanol–water partition coefficient (Wildman–Crippen LogP) is 7.29. The molecule has 43 heavy (non-hydrogen) atoms. The summed E-state index contributed by atoms with van der Waals surface area (Å²) in [7, 11) is 1.58. The second-order valence-corrected chi connectivity index (χ2v) is 10.9. The van der Waals surface area contributed by atoms with Gasteiger partial charge in [-0.05, 0) is 67.9 Å². The van der Waals surface area contributed by atoms with Gasteiger partial charge < -0.3 is 10.1 Å². The smallest absolute Gasteiger partial charge is 0.377 e. The minimum Gasteiger partial charge on any atom is -0.377 e. The number of ether oxygens (including phenoxy) is 1. The molecule has 9 nitrogen and oxygen atoms in total. The number of thioether (sulfide) groups is 1. The third kappa shape index (κ3) is 6.58. The Kier molecular flexibility index (Phi) is 8.58. The Labute approximate surface area is 253 Å². The summed E-state index contributed by atoms with van der Waals surface area (Å²) >= 11 is 7.59. The van der Waals surface area contributed by atoms with E-state index in [0.717, 1.165) is 35.0 Å². The number of carbonyl (C=O) groups excluding carboxylic acids is 2. The molecule has 0 spiro atoms. The van der Waals surface area contributed by atoms with Gasteiger partial charge in [-0.2, -0.15) is 18.2 Å². The number of nitrogens with zero attached hydrogens (tertiary/aromatic N) is 5. The number of aryl methyl sites for hydroxylation is 1. The van der Waals surface area contributed by atoms with Crippen LogP contribution in [0.4, 0.5) is 29.3 Å². The Bertz CT molecular complexity index is 1730. The highest BCUT2D eigenvalue weighted by atomic mass is 35.5. The average molecular weight is 629 g/mol. The number of methoxy groups -OCH3 is 1. The summed E-state index contributed by atoms with van der Waals surface area (Å²) in [6, 6.07) is 14.2. The van der Waals surface area contributed by atoms with Crippen molar-refractivity contribution in [1.29, 1.82) is 0 Å². The number of hydrogen-bond donors (Lipinski definition) is 1. The second-order valence-electron chi connectivity index (χ2n) is 9.53. The van der Waals surface area contributed by atoms with Crippen LogP contribution in [0.25, 0.3) is 17.1 Å². The monoisotopic (exact) mass is 628 g/mol. The molecule has 222 valence electrons. The number of amidine groups is 1. The maximum Gasteiger partial charge on any atom is 0.416 e. The molecule has 0 saturated carbocycles. The van der Waals surface area contributed by atoms with E-state index in [-0.39, 0.29) is 39.5 Å². The molecule has 4 aromatic rings. The van der Waals surface area contributed by atoms with Crippen LogP contribution < -0.4 is 10.2 Å². The van der Waals surface area contributed by atoms with Gasteiger partial charge in [-0.1, -0.05) is 35.5 Å². The first-order chi connectivity index (χ1) is 20.4. The molecule has 0 radical (unpaired) electrons. The van der Waals surface area contributed by atoms with Gasteiger partial charge in [0.15, 0.2) is 11.0 Å². The summed E-state index contributed by atoms with van der Waals surface area (Å²) in [4.78, 5) is 35.6. The Morgan fingerprint density at radius 2 is 1.88 bits per heavy atom. The summed E-state index contributed by atoms with van der Waals surface area (Å²) in [6.45, 7) is 3.77. The maximum absolute atomic E-state index is 12.9. The highest BCUT2D eigenvalue weighted by molar-refractivity contribution is 8.15. The molecule has 5 rings (SSSR count). The molecule has 1 aliphatic heterocycles. The molecule has 1 unspecified atom stereocenters. The van der Waals surface area contributed by atoms with Gasteiger partial charge in [-0.25, -0.2) is 14.5 Å². The number of benzene rings is 3. The molecule has 3 amide bonds. The molecular weight excluding hydrogens is 605 g/mol. The lowest BCUT2D eigenvalue weighted by Gasteiger charge is -2.23. The quantitative estimate of drug-likeness (QED) is 0.241. The molecule has 1 atom stereocenters. The number of aromatic nitrogens is 3. The Morgan fingerprint density at radius 3 is 2.56 bits per heavy atom. The number of urea groups is 1. The van der Waals surface area contributed by atoms with Crippen molar-refractivity contribution in [2.75, 3.05) is 23.1 Å². The van der Waals surface area contributed by atoms with Crippen molar-refractivity contribution in [3.05, 3.63) is 88.7 Å². The van der Waals surface area contributed by atoms with Crippen LogP contribution in [0.3, 0.4) is 0 Å². The van der Waals surface area contributed by atoms with Gasteiger partial charge in [0.25, 0.3) is 0 Å². The summed E-state index contributed by atoms with van der Waals surface area (Å²) < 4.78 is 45.4. The Balaban J connectivity index is 1.33. The molecule has 1 saturated heterocycles. The zero-order valence-electron chi connectivity index (χ0n) is 23.0. The number of carbonyl (C=O) groups is 2. The first-order valence-electron chi connectivity index (χ1n) is 12.8. The maximum atomic E-state index is 12.9. The van der Waals surface area contributed by atoms with E-state index >= 15 is 0 Å². The lowest BCUT2D eigenvalue weighted by Crippen LogP contribution is -2.31. The van der Waals surface area contributed by atoms with E-state index in [1.165, 1.54) is 28.0 Å². The molecule has 3 aromatic carbocycles. The molecule has 14 heteroatoms. The van der Waals surface area contributed by atoms with Crippen molar-refractivity contribution >= 4 is 51.8 Å². The molecule has 2 heterocycles. The van der Waals surface area contributed by atoms with Crippen LogP contribution in [0.15, 0.2) is 72.0 Å². The van der Waals surface area contributed by atoms with Gasteiger partial charge in [-0.15, -0.1) is 5.10 Å². The van der Waals surface area contributed by atoms with Crippen LogP contribution in [-0.4, -0.2) is 44.7 Å². The van der Waals surface area contributed by atoms with Crippen LogP contribution in [0, 0.1) is 6.92 Å². The predicted molar refractivity (Wildman–Crippen MR) is 160 cm³/mol. The van der Waals surface area contributed by atoms with Gasteiger partial charge in [0.05, 0.1) is 39.5 Å². The van der Waals surface area contributed by atoms with Gasteiger partial charge in [0.1, 0.15) is 6.33 Å². The summed E-state index contributed by atoms with van der Waals surface area (Å²) in [5, 5.41) is 7.37. The van der Waals surface area contributed by atoms with Gasteiger partial charge in [0.2, 0.25) is 5.91 Å². The lowest BCUT2D eigenvalue weighted by molar-refractivity contribution is -0.137. The van der Waals surface area contributed by atoms with Crippen LogP contribution in [0.2, 0.25) is 5.02 Å². The van der Waals surface area contributed by atoms with Crippen molar-refractivity contribution in [2.45, 2.75) is 26.1 Å². The molecule has 0 bridgehead atoms. The number of aliphatic imine (C=N–C) groups is 1. The van der Waals surface area contributed by atoms with Crippen LogP contribution in [0.5, 0.6) is 0 Å². The highest BCUT2D eigenvalue weighted by Crippen LogP contribution is 2.35. The number of anilines is 2. The van der Waals surface area contributed by atoms with Crippen molar-refractivity contribution in [1.82, 2.24) is 14.8 Å².